The molecule has 0 spiro atoms. The van der Waals surface area contributed by atoms with Gasteiger partial charge >= 0.3 is 0 Å². The van der Waals surface area contributed by atoms with Crippen molar-refractivity contribution >= 4 is 57.3 Å². The van der Waals surface area contributed by atoms with Crippen molar-refractivity contribution in [1.29, 1.82) is 0 Å². The molecule has 39 heavy (non-hydrogen) atoms. The second-order valence-electron chi connectivity index (χ2n) is 8.65. The molecule has 1 aromatic heterocycles. The highest BCUT2D eigenvalue weighted by Gasteiger charge is 2.23. The molecule has 1 heterocycles. The summed E-state index contributed by atoms with van der Waals surface area (Å²) in [6.45, 7) is 0. The summed E-state index contributed by atoms with van der Waals surface area (Å²) in [5.41, 5.74) is 4.08. The second kappa shape index (κ2) is 12.8. The van der Waals surface area contributed by atoms with Gasteiger partial charge in [-0.2, -0.15) is 0 Å². The highest BCUT2D eigenvalue weighted by molar-refractivity contribution is 8.00. The first kappa shape index (κ1) is 26.7. The van der Waals surface area contributed by atoms with Gasteiger partial charge in [0.2, 0.25) is 11.8 Å². The first-order valence-corrected chi connectivity index (χ1v) is 14.4. The van der Waals surface area contributed by atoms with Crippen LogP contribution in [0.1, 0.15) is 16.4 Å². The molecule has 1 atom stereocenters. The Morgan fingerprint density at radius 3 is 2.21 bits per heavy atom. The summed E-state index contributed by atoms with van der Waals surface area (Å²) in [4.78, 5) is 31.4. The Kier molecular flexibility index (Phi) is 8.73. The average molecular weight is 570 g/mol. The van der Waals surface area contributed by atoms with Crippen LogP contribution in [-0.4, -0.2) is 16.8 Å². The SMILES string of the molecule is O=C(Cc1ccccc1)Nc1ccc(SC(C(=O)Nc2nc(-c3ccccc3Cl)cs2)c2ccccc2)cc1. The lowest BCUT2D eigenvalue weighted by molar-refractivity contribution is -0.116. The lowest BCUT2D eigenvalue weighted by atomic mass is 10.1. The minimum Gasteiger partial charge on any atom is -0.326 e. The normalized spacial score (nSPS) is 11.5. The van der Waals surface area contributed by atoms with E-state index < -0.39 is 5.25 Å². The van der Waals surface area contributed by atoms with E-state index in [0.717, 1.165) is 27.3 Å². The van der Waals surface area contributed by atoms with Crippen LogP contribution in [0.4, 0.5) is 10.8 Å². The Hall–Kier alpha value is -3.91. The molecule has 0 aliphatic carbocycles. The lowest BCUT2D eigenvalue weighted by Gasteiger charge is -2.16. The topological polar surface area (TPSA) is 71.1 Å². The summed E-state index contributed by atoms with van der Waals surface area (Å²) in [7, 11) is 0. The van der Waals surface area contributed by atoms with Crippen LogP contribution in [0.2, 0.25) is 5.02 Å². The number of nitrogens with zero attached hydrogens (tertiary/aromatic N) is 1. The van der Waals surface area contributed by atoms with E-state index in [1.54, 1.807) is 0 Å². The third-order valence-corrected chi connectivity index (χ3v) is 8.18. The molecule has 0 saturated carbocycles. The maximum absolute atomic E-state index is 13.5. The maximum Gasteiger partial charge on any atom is 0.244 e. The number of amides is 2. The van der Waals surface area contributed by atoms with Gasteiger partial charge in [-0.05, 0) is 41.5 Å². The number of rotatable bonds is 9. The molecule has 0 bridgehead atoms. The van der Waals surface area contributed by atoms with Crippen LogP contribution < -0.4 is 10.6 Å². The van der Waals surface area contributed by atoms with E-state index in [4.69, 9.17) is 11.6 Å². The summed E-state index contributed by atoms with van der Waals surface area (Å²) in [6, 6.07) is 34.3. The predicted molar refractivity (Wildman–Crippen MR) is 161 cm³/mol. The van der Waals surface area contributed by atoms with E-state index in [9.17, 15) is 9.59 Å². The number of carbonyl (C=O) groups is 2. The Bertz CT molecular complexity index is 1560. The van der Waals surface area contributed by atoms with Crippen LogP contribution in [-0.2, 0) is 16.0 Å². The second-order valence-corrected chi connectivity index (χ2v) is 11.1. The van der Waals surface area contributed by atoms with E-state index in [-0.39, 0.29) is 11.8 Å². The van der Waals surface area contributed by atoms with Crippen LogP contribution in [0.15, 0.2) is 119 Å². The number of thioether (sulfide) groups is 1. The molecule has 5 aromatic rings. The summed E-state index contributed by atoms with van der Waals surface area (Å²) in [5, 5.41) is 8.41. The van der Waals surface area contributed by atoms with Gasteiger partial charge in [-0.25, -0.2) is 4.98 Å². The number of thiazole rings is 1. The molecule has 0 saturated heterocycles. The monoisotopic (exact) mass is 569 g/mol. The van der Waals surface area contributed by atoms with Crippen molar-refractivity contribution < 1.29 is 9.59 Å². The highest BCUT2D eigenvalue weighted by Crippen LogP contribution is 2.37. The molecule has 5 rings (SSSR count). The molecule has 0 radical (unpaired) electrons. The number of hydrogen-bond donors (Lipinski definition) is 2. The number of aromatic nitrogens is 1. The smallest absolute Gasteiger partial charge is 0.244 e. The van der Waals surface area contributed by atoms with Crippen LogP contribution in [0.25, 0.3) is 11.3 Å². The fraction of sp³-hybridized carbons (Fsp3) is 0.0645. The molecule has 1 unspecified atom stereocenters. The van der Waals surface area contributed by atoms with Gasteiger partial charge in [-0.15, -0.1) is 23.1 Å². The van der Waals surface area contributed by atoms with Gasteiger partial charge in [0, 0.05) is 26.5 Å². The Balaban J connectivity index is 1.27. The maximum atomic E-state index is 13.5. The van der Waals surface area contributed by atoms with Crippen LogP contribution >= 0.6 is 34.7 Å². The quantitative estimate of drug-likeness (QED) is 0.176. The number of benzene rings is 4. The van der Waals surface area contributed by atoms with Gasteiger partial charge in [-0.1, -0.05) is 90.5 Å². The summed E-state index contributed by atoms with van der Waals surface area (Å²) in [6.07, 6.45) is 0.308. The minimum atomic E-state index is -0.502. The standard InChI is InChI=1S/C31H24ClN3O2S2/c32-26-14-8-7-13-25(26)27-20-38-31(34-27)35-30(37)29(22-11-5-2-6-12-22)39-24-17-15-23(16-18-24)33-28(36)19-21-9-3-1-4-10-21/h1-18,20,29H,19H2,(H,33,36)(H,34,35,37). The summed E-state index contributed by atoms with van der Waals surface area (Å²) in [5.74, 6) is -0.255. The van der Waals surface area contributed by atoms with Crippen molar-refractivity contribution in [3.63, 3.8) is 0 Å². The summed E-state index contributed by atoms with van der Waals surface area (Å²) >= 11 is 9.11. The van der Waals surface area contributed by atoms with Gasteiger partial charge in [0.05, 0.1) is 12.1 Å². The molecule has 2 amide bonds. The zero-order valence-corrected chi connectivity index (χ0v) is 23.1. The van der Waals surface area contributed by atoms with E-state index >= 15 is 0 Å². The predicted octanol–water partition coefficient (Wildman–Crippen LogP) is 8.12. The van der Waals surface area contributed by atoms with Gasteiger partial charge in [-0.3, -0.25) is 9.59 Å². The van der Waals surface area contributed by atoms with Gasteiger partial charge in [0.1, 0.15) is 5.25 Å². The van der Waals surface area contributed by atoms with Gasteiger partial charge in [0.25, 0.3) is 0 Å². The first-order valence-electron chi connectivity index (χ1n) is 12.2. The lowest BCUT2D eigenvalue weighted by Crippen LogP contribution is -2.19. The zero-order valence-electron chi connectivity index (χ0n) is 20.7. The largest absolute Gasteiger partial charge is 0.326 e. The minimum absolute atomic E-state index is 0.0808. The Labute approximate surface area is 240 Å². The third kappa shape index (κ3) is 7.15. The molecule has 194 valence electrons. The van der Waals surface area contributed by atoms with Crippen molar-refractivity contribution in [3.05, 3.63) is 131 Å². The molecule has 4 aromatic carbocycles. The van der Waals surface area contributed by atoms with Crippen molar-refractivity contribution in [1.82, 2.24) is 4.98 Å². The van der Waals surface area contributed by atoms with Crippen molar-refractivity contribution in [2.45, 2.75) is 16.6 Å². The van der Waals surface area contributed by atoms with Gasteiger partial charge in [0.15, 0.2) is 5.13 Å². The summed E-state index contributed by atoms with van der Waals surface area (Å²) < 4.78 is 0. The fourth-order valence-corrected chi connectivity index (χ4v) is 5.91. The van der Waals surface area contributed by atoms with Crippen molar-refractivity contribution in [2.24, 2.45) is 0 Å². The number of halogens is 1. The van der Waals surface area contributed by atoms with Gasteiger partial charge < -0.3 is 10.6 Å². The molecule has 2 N–H and O–H groups in total. The van der Waals surface area contributed by atoms with Crippen LogP contribution in [0.5, 0.6) is 0 Å². The Morgan fingerprint density at radius 1 is 0.821 bits per heavy atom. The number of hydrogen-bond acceptors (Lipinski definition) is 5. The van der Waals surface area contributed by atoms with Crippen LogP contribution in [0, 0.1) is 0 Å². The van der Waals surface area contributed by atoms with Crippen molar-refractivity contribution in [2.75, 3.05) is 10.6 Å². The highest BCUT2D eigenvalue weighted by atomic mass is 35.5. The molecule has 0 aliphatic heterocycles. The number of carbonyl (C=O) groups excluding carboxylic acids is 2. The number of anilines is 2. The number of nitrogens with one attached hydrogen (secondary N) is 2. The molecule has 5 nitrogen and oxygen atoms in total. The molecule has 0 aliphatic rings. The molecular formula is C31H24ClN3O2S2. The first-order chi connectivity index (χ1) is 19.0. The van der Waals surface area contributed by atoms with E-state index in [2.05, 4.69) is 15.6 Å². The van der Waals surface area contributed by atoms with Crippen LogP contribution in [0.3, 0.4) is 0 Å². The fourth-order valence-electron chi connectivity index (χ4n) is 3.93. The van der Waals surface area contributed by atoms with E-state index in [1.807, 2.05) is 115 Å². The average Bonchev–Trinajstić information content (AvgIpc) is 3.42. The Morgan fingerprint density at radius 2 is 1.49 bits per heavy atom. The molecule has 8 heteroatoms. The molecule has 0 fully saturated rings. The van der Waals surface area contributed by atoms with E-state index in [0.29, 0.717) is 22.3 Å². The zero-order chi connectivity index (χ0) is 27.0. The molecular weight excluding hydrogens is 546 g/mol. The van der Waals surface area contributed by atoms with E-state index in [1.165, 1.54) is 23.1 Å². The third-order valence-electron chi connectivity index (χ3n) is 5.82. The van der Waals surface area contributed by atoms with Crippen molar-refractivity contribution in [3.8, 4) is 11.3 Å².